The van der Waals surface area contributed by atoms with Crippen LogP contribution in [0.5, 0.6) is 0 Å². The van der Waals surface area contributed by atoms with Gasteiger partial charge in [0.15, 0.2) is 15.6 Å². The molecule has 0 bridgehead atoms. The number of nitro groups is 1. The molecule has 0 aliphatic carbocycles. The maximum absolute atomic E-state index is 11.4. The quantitative estimate of drug-likeness (QED) is 0.459. The van der Waals surface area contributed by atoms with Gasteiger partial charge in [-0.25, -0.2) is 8.42 Å². The van der Waals surface area contributed by atoms with E-state index < -0.39 is 14.8 Å². The van der Waals surface area contributed by atoms with Crippen LogP contribution in [0.3, 0.4) is 0 Å². The van der Waals surface area contributed by atoms with E-state index >= 15 is 0 Å². The summed E-state index contributed by atoms with van der Waals surface area (Å²) in [7, 11) is -2.98. The Morgan fingerprint density at radius 2 is 2.32 bits per heavy atom. The standard InChI is InChI=1S/C10H13N3O5S/c1-8-7-19(16,17)5-4-12(8)11-6-9-2-3-10(18-9)13(14)15/h2-3,6,8H,4-5,7H2,1H3/b11-6-/t8-/m1/s1. The smallest absolute Gasteiger partial charge is 0.400 e. The van der Waals surface area contributed by atoms with Gasteiger partial charge in [-0.05, 0) is 13.0 Å². The molecule has 1 atom stereocenters. The zero-order valence-electron chi connectivity index (χ0n) is 10.2. The van der Waals surface area contributed by atoms with Crippen molar-refractivity contribution in [2.24, 2.45) is 5.10 Å². The van der Waals surface area contributed by atoms with Crippen LogP contribution in [0.25, 0.3) is 0 Å². The molecule has 0 unspecified atom stereocenters. The zero-order chi connectivity index (χ0) is 14.0. The van der Waals surface area contributed by atoms with Crippen LogP contribution in [-0.2, 0) is 9.84 Å². The minimum Gasteiger partial charge on any atom is -0.400 e. The molecule has 0 aromatic carbocycles. The Labute approximate surface area is 109 Å². The van der Waals surface area contributed by atoms with E-state index in [-0.39, 0.29) is 29.2 Å². The second-order valence-electron chi connectivity index (χ2n) is 4.30. The van der Waals surface area contributed by atoms with Gasteiger partial charge in [0.05, 0.1) is 36.4 Å². The van der Waals surface area contributed by atoms with Crippen LogP contribution in [-0.4, -0.2) is 48.7 Å². The Hall–Kier alpha value is -1.90. The number of rotatable bonds is 3. The molecular formula is C10H13N3O5S. The van der Waals surface area contributed by atoms with Gasteiger partial charge in [-0.1, -0.05) is 0 Å². The zero-order valence-corrected chi connectivity index (χ0v) is 11.0. The summed E-state index contributed by atoms with van der Waals surface area (Å²) < 4.78 is 27.7. The van der Waals surface area contributed by atoms with Crippen LogP contribution in [0.4, 0.5) is 5.88 Å². The van der Waals surface area contributed by atoms with Gasteiger partial charge in [-0.2, -0.15) is 5.10 Å². The lowest BCUT2D eigenvalue weighted by Gasteiger charge is -2.30. The first kappa shape index (κ1) is 13.5. The van der Waals surface area contributed by atoms with E-state index in [4.69, 9.17) is 4.42 Å². The van der Waals surface area contributed by atoms with Crippen molar-refractivity contribution >= 4 is 21.9 Å². The van der Waals surface area contributed by atoms with E-state index in [2.05, 4.69) is 5.10 Å². The fraction of sp³-hybridized carbons (Fsp3) is 0.500. The molecule has 2 rings (SSSR count). The molecule has 104 valence electrons. The van der Waals surface area contributed by atoms with Crippen LogP contribution < -0.4 is 0 Å². The second kappa shape index (κ2) is 5.00. The summed E-state index contributed by atoms with van der Waals surface area (Å²) in [6.45, 7) is 2.07. The number of hydrogen-bond acceptors (Lipinski definition) is 7. The van der Waals surface area contributed by atoms with Gasteiger partial charge in [-0.15, -0.1) is 0 Å². The number of sulfone groups is 1. The maximum Gasteiger partial charge on any atom is 0.433 e. The third kappa shape index (κ3) is 3.31. The molecule has 1 aliphatic heterocycles. The summed E-state index contributed by atoms with van der Waals surface area (Å²) in [5.74, 6) is 0.0263. The molecule has 0 spiro atoms. The molecule has 9 heteroatoms. The van der Waals surface area contributed by atoms with E-state index in [0.717, 1.165) is 0 Å². The van der Waals surface area contributed by atoms with Gasteiger partial charge >= 0.3 is 5.88 Å². The van der Waals surface area contributed by atoms with Crippen LogP contribution in [0.1, 0.15) is 12.7 Å². The van der Waals surface area contributed by atoms with E-state index in [1.165, 1.54) is 18.3 Å². The second-order valence-corrected chi connectivity index (χ2v) is 6.53. The summed E-state index contributed by atoms with van der Waals surface area (Å²) in [5, 5.41) is 16.2. The minimum atomic E-state index is -2.98. The number of nitrogens with zero attached hydrogens (tertiary/aromatic N) is 3. The van der Waals surface area contributed by atoms with Gasteiger partial charge < -0.3 is 4.42 Å². The van der Waals surface area contributed by atoms with E-state index in [1.807, 2.05) is 0 Å². The lowest BCUT2D eigenvalue weighted by Crippen LogP contribution is -2.43. The third-order valence-electron chi connectivity index (χ3n) is 2.76. The van der Waals surface area contributed by atoms with E-state index in [0.29, 0.717) is 6.54 Å². The summed E-state index contributed by atoms with van der Waals surface area (Å²) in [6, 6.07) is 2.46. The molecule has 19 heavy (non-hydrogen) atoms. The Morgan fingerprint density at radius 1 is 1.58 bits per heavy atom. The molecule has 0 N–H and O–H groups in total. The van der Waals surface area contributed by atoms with Gasteiger partial charge in [0.1, 0.15) is 4.92 Å². The summed E-state index contributed by atoms with van der Waals surface area (Å²) >= 11 is 0. The average molecular weight is 287 g/mol. The molecule has 1 fully saturated rings. The van der Waals surface area contributed by atoms with Gasteiger partial charge in [0, 0.05) is 0 Å². The van der Waals surface area contributed by atoms with E-state index in [9.17, 15) is 18.5 Å². The molecule has 1 aromatic heterocycles. The predicted octanol–water partition coefficient (Wildman–Crippen LogP) is 0.641. The summed E-state index contributed by atoms with van der Waals surface area (Å²) in [4.78, 5) is 9.80. The highest BCUT2D eigenvalue weighted by Crippen LogP contribution is 2.15. The van der Waals surface area contributed by atoms with Crippen molar-refractivity contribution in [1.82, 2.24) is 5.01 Å². The third-order valence-corrected chi connectivity index (χ3v) is 4.56. The van der Waals surface area contributed by atoms with Crippen LogP contribution in [0.15, 0.2) is 21.7 Å². The SMILES string of the molecule is C[C@@H]1CS(=O)(=O)CCN1/N=C\c1ccc([N+](=O)[O-])o1. The molecule has 0 amide bonds. The normalized spacial score (nSPS) is 22.8. The highest BCUT2D eigenvalue weighted by atomic mass is 32.2. The van der Waals surface area contributed by atoms with Crippen LogP contribution >= 0.6 is 0 Å². The first-order valence-corrected chi connectivity index (χ1v) is 7.45. The first-order chi connectivity index (χ1) is 8.87. The Morgan fingerprint density at radius 3 is 2.89 bits per heavy atom. The molecule has 2 heterocycles. The van der Waals surface area contributed by atoms with Crippen molar-refractivity contribution in [2.75, 3.05) is 18.1 Å². The predicted molar refractivity (Wildman–Crippen MR) is 67.8 cm³/mol. The number of hydrogen-bond donors (Lipinski definition) is 0. The van der Waals surface area contributed by atoms with Crippen molar-refractivity contribution in [3.05, 3.63) is 28.0 Å². The maximum atomic E-state index is 11.4. The average Bonchev–Trinajstić information content (AvgIpc) is 2.75. The Kier molecular flexibility index (Phi) is 3.56. The molecular weight excluding hydrogens is 274 g/mol. The van der Waals surface area contributed by atoms with Crippen molar-refractivity contribution in [1.29, 1.82) is 0 Å². The number of hydrazone groups is 1. The summed E-state index contributed by atoms with van der Waals surface area (Å²) in [6.07, 6.45) is 1.35. The Bertz CT molecular complexity index is 606. The fourth-order valence-corrected chi connectivity index (χ4v) is 3.34. The molecule has 1 aromatic rings. The fourth-order valence-electron chi connectivity index (χ4n) is 1.80. The van der Waals surface area contributed by atoms with Crippen LogP contribution in [0, 0.1) is 10.1 Å². The lowest BCUT2D eigenvalue weighted by molar-refractivity contribution is -0.402. The molecule has 8 nitrogen and oxygen atoms in total. The van der Waals surface area contributed by atoms with Crippen molar-refractivity contribution in [3.8, 4) is 0 Å². The van der Waals surface area contributed by atoms with E-state index in [1.54, 1.807) is 11.9 Å². The highest BCUT2D eigenvalue weighted by Gasteiger charge is 2.27. The first-order valence-electron chi connectivity index (χ1n) is 5.63. The minimum absolute atomic E-state index is 0.0582. The van der Waals surface area contributed by atoms with Crippen molar-refractivity contribution in [3.63, 3.8) is 0 Å². The molecule has 1 aliphatic rings. The monoisotopic (exact) mass is 287 g/mol. The van der Waals surface area contributed by atoms with Gasteiger partial charge in [-0.3, -0.25) is 15.1 Å². The molecule has 1 saturated heterocycles. The Balaban J connectivity index is 2.04. The van der Waals surface area contributed by atoms with Crippen LogP contribution in [0.2, 0.25) is 0 Å². The van der Waals surface area contributed by atoms with Gasteiger partial charge in [0.2, 0.25) is 0 Å². The number of furan rings is 1. The molecule has 0 saturated carbocycles. The largest absolute Gasteiger partial charge is 0.433 e. The topological polar surface area (TPSA) is 106 Å². The lowest BCUT2D eigenvalue weighted by atomic mass is 10.4. The molecule has 0 radical (unpaired) electrons. The summed E-state index contributed by atoms with van der Waals surface area (Å²) in [5.41, 5.74) is 0. The highest BCUT2D eigenvalue weighted by molar-refractivity contribution is 7.91. The van der Waals surface area contributed by atoms with Crippen molar-refractivity contribution in [2.45, 2.75) is 13.0 Å². The van der Waals surface area contributed by atoms with Gasteiger partial charge in [0.25, 0.3) is 0 Å². The van der Waals surface area contributed by atoms with Crippen molar-refractivity contribution < 1.29 is 17.8 Å².